The number of hydrogen-bond donors (Lipinski definition) is 1. The van der Waals surface area contributed by atoms with Gasteiger partial charge in [0.1, 0.15) is 5.76 Å². The van der Waals surface area contributed by atoms with Crippen LogP contribution < -0.4 is 5.32 Å². The number of benzene rings is 1. The average molecular weight is 477 g/mol. The summed E-state index contributed by atoms with van der Waals surface area (Å²) in [6, 6.07) is 8.98. The van der Waals surface area contributed by atoms with Gasteiger partial charge in [0.2, 0.25) is 5.91 Å². The van der Waals surface area contributed by atoms with E-state index in [-0.39, 0.29) is 24.1 Å². The van der Waals surface area contributed by atoms with Crippen molar-refractivity contribution in [3.8, 4) is 0 Å². The lowest BCUT2D eigenvalue weighted by molar-refractivity contribution is -0.116. The maximum atomic E-state index is 12.6. The first-order valence-electron chi connectivity index (χ1n) is 8.84. The van der Waals surface area contributed by atoms with Crippen LogP contribution in [0.5, 0.6) is 0 Å². The van der Waals surface area contributed by atoms with Gasteiger partial charge in [-0.2, -0.15) is 0 Å². The van der Waals surface area contributed by atoms with Gasteiger partial charge in [0, 0.05) is 36.6 Å². The van der Waals surface area contributed by atoms with E-state index >= 15 is 0 Å². The number of amides is 2. The Hall–Kier alpha value is -2.52. The Morgan fingerprint density at radius 2 is 2.10 bits per heavy atom. The molecule has 2 aromatic heterocycles. The van der Waals surface area contributed by atoms with Gasteiger partial charge in [-0.05, 0) is 42.8 Å². The van der Waals surface area contributed by atoms with Crippen molar-refractivity contribution < 1.29 is 14.0 Å². The summed E-state index contributed by atoms with van der Waals surface area (Å²) in [7, 11) is 3.49. The molecule has 0 saturated heterocycles. The summed E-state index contributed by atoms with van der Waals surface area (Å²) in [6.45, 7) is 1.83. The van der Waals surface area contributed by atoms with E-state index in [4.69, 9.17) is 4.42 Å². The lowest BCUT2D eigenvalue weighted by atomic mass is 10.2. The number of likely N-dealkylation sites (N-methyl/N-ethyl adjacent to an activating group) is 1. The SMILES string of the molecule is Cc1cc(Br)ccc1NC(=O)CN(C)C(=O)c1ccc(CSc2nccn2C)o1. The fourth-order valence-corrected chi connectivity index (χ4v) is 3.93. The predicted molar refractivity (Wildman–Crippen MR) is 116 cm³/mol. The highest BCUT2D eigenvalue weighted by Gasteiger charge is 2.19. The van der Waals surface area contributed by atoms with Crippen LogP contribution in [0.3, 0.4) is 0 Å². The van der Waals surface area contributed by atoms with Crippen molar-refractivity contribution >= 4 is 45.2 Å². The number of carbonyl (C=O) groups is 2. The van der Waals surface area contributed by atoms with Gasteiger partial charge in [0.25, 0.3) is 5.91 Å². The highest BCUT2D eigenvalue weighted by atomic mass is 79.9. The molecule has 0 atom stereocenters. The summed E-state index contributed by atoms with van der Waals surface area (Å²) < 4.78 is 8.51. The summed E-state index contributed by atoms with van der Waals surface area (Å²) in [4.78, 5) is 30.4. The van der Waals surface area contributed by atoms with Gasteiger partial charge in [-0.3, -0.25) is 9.59 Å². The van der Waals surface area contributed by atoms with Crippen molar-refractivity contribution in [1.29, 1.82) is 0 Å². The highest BCUT2D eigenvalue weighted by Crippen LogP contribution is 2.23. The van der Waals surface area contributed by atoms with Crippen LogP contribution in [-0.2, 0) is 17.6 Å². The monoisotopic (exact) mass is 476 g/mol. The van der Waals surface area contributed by atoms with Crippen molar-refractivity contribution in [2.24, 2.45) is 7.05 Å². The number of aryl methyl sites for hydroxylation is 2. The Morgan fingerprint density at radius 1 is 1.31 bits per heavy atom. The number of aromatic nitrogens is 2. The molecule has 0 spiro atoms. The second-order valence-electron chi connectivity index (χ2n) is 6.54. The summed E-state index contributed by atoms with van der Waals surface area (Å²) >= 11 is 4.91. The molecule has 3 rings (SSSR count). The zero-order valence-corrected chi connectivity index (χ0v) is 18.7. The van der Waals surface area contributed by atoms with Crippen LogP contribution in [0.15, 0.2) is 56.8 Å². The molecule has 0 bridgehead atoms. The summed E-state index contributed by atoms with van der Waals surface area (Å²) in [5, 5.41) is 3.69. The number of nitrogens with one attached hydrogen (secondary N) is 1. The van der Waals surface area contributed by atoms with Crippen molar-refractivity contribution in [1.82, 2.24) is 14.5 Å². The number of rotatable bonds is 7. The lowest BCUT2D eigenvalue weighted by Gasteiger charge is -2.16. The maximum Gasteiger partial charge on any atom is 0.289 e. The molecule has 1 N–H and O–H groups in total. The van der Waals surface area contributed by atoms with Crippen molar-refractivity contribution in [3.63, 3.8) is 0 Å². The van der Waals surface area contributed by atoms with Crippen LogP contribution in [0.4, 0.5) is 5.69 Å². The number of carbonyl (C=O) groups excluding carboxylic acids is 2. The third-order valence-corrected chi connectivity index (χ3v) is 5.76. The lowest BCUT2D eigenvalue weighted by Crippen LogP contribution is -2.34. The molecule has 0 radical (unpaired) electrons. The Morgan fingerprint density at radius 3 is 2.79 bits per heavy atom. The average Bonchev–Trinajstić information content (AvgIpc) is 3.30. The Labute approximate surface area is 181 Å². The molecule has 7 nitrogen and oxygen atoms in total. The number of hydrogen-bond acceptors (Lipinski definition) is 5. The van der Waals surface area contributed by atoms with Crippen LogP contribution in [0.2, 0.25) is 0 Å². The number of halogens is 1. The molecular formula is C20H21BrN4O3S. The molecule has 152 valence electrons. The minimum absolute atomic E-state index is 0.0770. The molecule has 3 aromatic rings. The standard InChI is InChI=1S/C20H21BrN4O3S/c1-13-10-14(21)4-6-16(13)23-18(26)11-25(3)19(27)17-7-5-15(28-17)12-29-20-22-8-9-24(20)2/h4-10H,11-12H2,1-3H3,(H,23,26). The number of nitrogens with zero attached hydrogens (tertiary/aromatic N) is 3. The molecular weight excluding hydrogens is 456 g/mol. The molecule has 2 heterocycles. The highest BCUT2D eigenvalue weighted by molar-refractivity contribution is 9.10. The van der Waals surface area contributed by atoms with E-state index in [1.165, 1.54) is 16.7 Å². The van der Waals surface area contributed by atoms with E-state index in [9.17, 15) is 9.59 Å². The van der Waals surface area contributed by atoms with Crippen LogP contribution in [-0.4, -0.2) is 39.9 Å². The molecule has 2 amide bonds. The zero-order valence-electron chi connectivity index (χ0n) is 16.3. The van der Waals surface area contributed by atoms with Crippen LogP contribution >= 0.6 is 27.7 Å². The van der Waals surface area contributed by atoms with Gasteiger partial charge in [-0.1, -0.05) is 27.7 Å². The zero-order chi connectivity index (χ0) is 21.0. The largest absolute Gasteiger partial charge is 0.455 e. The smallest absolute Gasteiger partial charge is 0.289 e. The Balaban J connectivity index is 1.55. The molecule has 0 aliphatic rings. The van der Waals surface area contributed by atoms with Crippen LogP contribution in [0, 0.1) is 6.92 Å². The van der Waals surface area contributed by atoms with Gasteiger partial charge in [-0.15, -0.1) is 0 Å². The third kappa shape index (κ3) is 5.51. The van der Waals surface area contributed by atoms with Crippen molar-refractivity contribution in [3.05, 3.63) is 64.3 Å². The first-order chi connectivity index (χ1) is 13.8. The van der Waals surface area contributed by atoms with Crippen molar-refractivity contribution in [2.45, 2.75) is 17.8 Å². The molecule has 9 heteroatoms. The van der Waals surface area contributed by atoms with Gasteiger partial charge in [0.05, 0.1) is 12.3 Å². The van der Waals surface area contributed by atoms with Gasteiger partial charge >= 0.3 is 0 Å². The van der Waals surface area contributed by atoms with Gasteiger partial charge < -0.3 is 19.2 Å². The summed E-state index contributed by atoms with van der Waals surface area (Å²) in [6.07, 6.45) is 3.60. The number of furan rings is 1. The van der Waals surface area contributed by atoms with Crippen molar-refractivity contribution in [2.75, 3.05) is 18.9 Å². The minimum Gasteiger partial charge on any atom is -0.455 e. The Kier molecular flexibility index (Phi) is 6.81. The number of thioether (sulfide) groups is 1. The third-order valence-electron chi connectivity index (χ3n) is 4.18. The summed E-state index contributed by atoms with van der Waals surface area (Å²) in [5.41, 5.74) is 1.65. The number of anilines is 1. The fourth-order valence-electron chi connectivity index (χ4n) is 2.63. The molecule has 1 aromatic carbocycles. The normalized spacial score (nSPS) is 10.8. The minimum atomic E-state index is -0.346. The van der Waals surface area contributed by atoms with E-state index < -0.39 is 0 Å². The number of imidazole rings is 1. The Bertz CT molecular complexity index is 1030. The molecule has 0 aliphatic heterocycles. The molecule has 29 heavy (non-hydrogen) atoms. The fraction of sp³-hybridized carbons (Fsp3) is 0.250. The van der Waals surface area contributed by atoms with E-state index in [1.54, 1.807) is 25.4 Å². The maximum absolute atomic E-state index is 12.6. The van der Waals surface area contributed by atoms with Crippen LogP contribution in [0.25, 0.3) is 0 Å². The van der Waals surface area contributed by atoms with E-state index in [1.807, 2.05) is 42.9 Å². The predicted octanol–water partition coefficient (Wildman–Crippen LogP) is 4.09. The van der Waals surface area contributed by atoms with Gasteiger partial charge in [-0.25, -0.2) is 4.98 Å². The van der Waals surface area contributed by atoms with Crippen LogP contribution in [0.1, 0.15) is 21.9 Å². The quantitative estimate of drug-likeness (QED) is 0.519. The molecule has 0 saturated carbocycles. The first-order valence-corrected chi connectivity index (χ1v) is 10.6. The first kappa shape index (κ1) is 21.2. The van der Waals surface area contributed by atoms with Gasteiger partial charge in [0.15, 0.2) is 10.9 Å². The summed E-state index contributed by atoms with van der Waals surface area (Å²) in [5.74, 6) is 0.815. The second kappa shape index (κ2) is 9.32. The molecule has 0 unspecified atom stereocenters. The topological polar surface area (TPSA) is 80.4 Å². The van der Waals surface area contributed by atoms with E-state index in [0.29, 0.717) is 17.2 Å². The molecule has 0 aliphatic carbocycles. The molecule has 0 fully saturated rings. The van der Waals surface area contributed by atoms with E-state index in [0.717, 1.165) is 15.2 Å². The second-order valence-corrected chi connectivity index (χ2v) is 8.40. The van der Waals surface area contributed by atoms with E-state index in [2.05, 4.69) is 26.2 Å².